The zero-order chi connectivity index (χ0) is 3.41. The molecular weight excluding hydrogens is 111 g/mol. The Balaban J connectivity index is 0. The normalized spacial score (nSPS) is 6.00. The van der Waals surface area contributed by atoms with Crippen LogP contribution in [0.25, 0.3) is 0 Å². The first-order chi connectivity index (χ1) is 1.91. The molecule has 0 aliphatic heterocycles. The summed E-state index contributed by atoms with van der Waals surface area (Å²) < 4.78 is 0. The van der Waals surface area contributed by atoms with Crippen LogP contribution < -0.4 is 11.5 Å². The van der Waals surface area contributed by atoms with E-state index in [0.29, 0.717) is 13.1 Å². The van der Waals surface area contributed by atoms with Crippen LogP contribution in [0.15, 0.2) is 0 Å². The van der Waals surface area contributed by atoms with Gasteiger partial charge in [0.05, 0.1) is 0 Å². The minimum absolute atomic E-state index is 0. The molecule has 1 radical (unpaired) electrons. The van der Waals surface area contributed by atoms with Gasteiger partial charge in [0.25, 0.3) is 0 Å². The van der Waals surface area contributed by atoms with Crippen LogP contribution in [0.4, 0.5) is 0 Å². The summed E-state index contributed by atoms with van der Waals surface area (Å²) in [4.78, 5) is 0. The molecule has 0 aliphatic rings. The predicted molar refractivity (Wildman–Crippen MR) is 18.1 cm³/mol. The first-order valence-corrected chi connectivity index (χ1v) is 1.32. The van der Waals surface area contributed by atoms with E-state index in [4.69, 9.17) is 11.5 Å². The molecule has 5 heavy (non-hydrogen) atoms. The van der Waals surface area contributed by atoms with Gasteiger partial charge in [0.1, 0.15) is 0 Å². The van der Waals surface area contributed by atoms with E-state index in [1.54, 1.807) is 0 Å². The fourth-order valence-electron chi connectivity index (χ4n) is 0. The van der Waals surface area contributed by atoms with E-state index in [1.165, 1.54) is 0 Å². The Labute approximate surface area is 42.1 Å². The van der Waals surface area contributed by atoms with Crippen molar-refractivity contribution in [2.75, 3.05) is 13.1 Å². The molecule has 35 valence electrons. The van der Waals surface area contributed by atoms with Crippen molar-refractivity contribution in [2.24, 2.45) is 11.5 Å². The summed E-state index contributed by atoms with van der Waals surface area (Å²) in [7, 11) is 0. The molecule has 0 spiro atoms. The van der Waals surface area contributed by atoms with E-state index < -0.39 is 0 Å². The molecule has 0 aliphatic carbocycles. The summed E-state index contributed by atoms with van der Waals surface area (Å²) in [6.07, 6.45) is 0. The SMILES string of the molecule is NCCN.[Co]. The van der Waals surface area contributed by atoms with Crippen LogP contribution in [0.3, 0.4) is 0 Å². The van der Waals surface area contributed by atoms with Gasteiger partial charge >= 0.3 is 0 Å². The standard InChI is InChI=1S/C2H8N2.Co/c3-1-2-4;/h1-4H2;. The molecule has 0 aromatic heterocycles. The van der Waals surface area contributed by atoms with Crippen molar-refractivity contribution < 1.29 is 16.8 Å². The number of nitrogens with two attached hydrogens (primary N) is 2. The van der Waals surface area contributed by atoms with Gasteiger partial charge < -0.3 is 11.5 Å². The summed E-state index contributed by atoms with van der Waals surface area (Å²) in [5.74, 6) is 0. The van der Waals surface area contributed by atoms with Gasteiger partial charge in [-0.1, -0.05) is 0 Å². The van der Waals surface area contributed by atoms with E-state index in [2.05, 4.69) is 0 Å². The van der Waals surface area contributed by atoms with Crippen LogP contribution in [-0.2, 0) is 16.8 Å². The van der Waals surface area contributed by atoms with Gasteiger partial charge in [-0.2, -0.15) is 0 Å². The molecule has 0 saturated carbocycles. The van der Waals surface area contributed by atoms with Crippen molar-refractivity contribution in [1.29, 1.82) is 0 Å². The van der Waals surface area contributed by atoms with Crippen LogP contribution in [0.1, 0.15) is 0 Å². The predicted octanol–water partition coefficient (Wildman–Crippen LogP) is -1.10. The molecule has 0 unspecified atom stereocenters. The first kappa shape index (κ1) is 9.06. The van der Waals surface area contributed by atoms with Gasteiger partial charge in [0.2, 0.25) is 0 Å². The summed E-state index contributed by atoms with van der Waals surface area (Å²) in [6.45, 7) is 1.19. The fraction of sp³-hybridized carbons (Fsp3) is 1.00. The topological polar surface area (TPSA) is 52.0 Å². The third-order valence-electron chi connectivity index (χ3n) is 0.167. The van der Waals surface area contributed by atoms with Crippen molar-refractivity contribution in [3.05, 3.63) is 0 Å². The Hall–Kier alpha value is 0.426. The summed E-state index contributed by atoms with van der Waals surface area (Å²) in [5, 5.41) is 0. The Bertz CT molecular complexity index is 9.61. The number of hydrogen-bond acceptors (Lipinski definition) is 2. The smallest absolute Gasteiger partial charge is 0.00461 e. The van der Waals surface area contributed by atoms with Crippen molar-refractivity contribution >= 4 is 0 Å². The average Bonchev–Trinajstić information content (AvgIpc) is 1.37. The Morgan fingerprint density at radius 1 is 1.00 bits per heavy atom. The van der Waals surface area contributed by atoms with Gasteiger partial charge in [-0.3, -0.25) is 0 Å². The quantitative estimate of drug-likeness (QED) is 0.460. The van der Waals surface area contributed by atoms with Crippen molar-refractivity contribution in [1.82, 2.24) is 0 Å². The summed E-state index contributed by atoms with van der Waals surface area (Å²) in [6, 6.07) is 0. The fourth-order valence-corrected chi connectivity index (χ4v) is 0. The zero-order valence-electron chi connectivity index (χ0n) is 2.90. The maximum Gasteiger partial charge on any atom is 0.00461 e. The Morgan fingerprint density at radius 3 is 1.20 bits per heavy atom. The molecule has 4 N–H and O–H groups in total. The second-order valence-electron chi connectivity index (χ2n) is 0.577. The molecule has 2 nitrogen and oxygen atoms in total. The van der Waals surface area contributed by atoms with Crippen LogP contribution >= 0.6 is 0 Å². The molecule has 0 fully saturated rings. The van der Waals surface area contributed by atoms with Gasteiger partial charge in [-0.15, -0.1) is 0 Å². The molecule has 0 amide bonds. The average molecular weight is 119 g/mol. The third-order valence-corrected chi connectivity index (χ3v) is 0.167. The monoisotopic (exact) mass is 119 g/mol. The molecule has 0 atom stereocenters. The van der Waals surface area contributed by atoms with Crippen molar-refractivity contribution in [2.45, 2.75) is 0 Å². The molecule has 0 aromatic carbocycles. The number of rotatable bonds is 1. The Kier molecular flexibility index (Phi) is 16.0. The van der Waals surface area contributed by atoms with E-state index >= 15 is 0 Å². The van der Waals surface area contributed by atoms with E-state index in [-0.39, 0.29) is 16.8 Å². The molecule has 0 rings (SSSR count). The van der Waals surface area contributed by atoms with Gasteiger partial charge in [0.15, 0.2) is 0 Å². The minimum Gasteiger partial charge on any atom is -0.329 e. The molecular formula is C2H8CoN2. The van der Waals surface area contributed by atoms with Gasteiger partial charge in [0, 0.05) is 29.9 Å². The minimum atomic E-state index is 0. The zero-order valence-corrected chi connectivity index (χ0v) is 3.94. The third kappa shape index (κ3) is 12.8. The van der Waals surface area contributed by atoms with Gasteiger partial charge in [-0.05, 0) is 0 Å². The van der Waals surface area contributed by atoms with Crippen LogP contribution in [0.2, 0.25) is 0 Å². The maximum absolute atomic E-state index is 4.90. The molecule has 0 saturated heterocycles. The van der Waals surface area contributed by atoms with Crippen molar-refractivity contribution in [3.8, 4) is 0 Å². The van der Waals surface area contributed by atoms with Crippen molar-refractivity contribution in [3.63, 3.8) is 0 Å². The van der Waals surface area contributed by atoms with E-state index in [0.717, 1.165) is 0 Å². The van der Waals surface area contributed by atoms with Crippen LogP contribution in [0, 0.1) is 0 Å². The second-order valence-corrected chi connectivity index (χ2v) is 0.577. The molecule has 3 heteroatoms. The first-order valence-electron chi connectivity index (χ1n) is 1.32. The Morgan fingerprint density at radius 2 is 1.20 bits per heavy atom. The molecule has 0 heterocycles. The van der Waals surface area contributed by atoms with Crippen LogP contribution in [0.5, 0.6) is 0 Å². The molecule has 0 bridgehead atoms. The summed E-state index contributed by atoms with van der Waals surface area (Å²) >= 11 is 0. The van der Waals surface area contributed by atoms with Gasteiger partial charge in [-0.25, -0.2) is 0 Å². The van der Waals surface area contributed by atoms with Crippen LogP contribution in [-0.4, -0.2) is 13.1 Å². The second kappa shape index (κ2) is 8.83. The maximum atomic E-state index is 4.90. The molecule has 0 aromatic rings. The van der Waals surface area contributed by atoms with E-state index in [9.17, 15) is 0 Å². The largest absolute Gasteiger partial charge is 0.329 e. The van der Waals surface area contributed by atoms with E-state index in [1.807, 2.05) is 0 Å². The number of hydrogen-bond donors (Lipinski definition) is 2. The summed E-state index contributed by atoms with van der Waals surface area (Å²) in [5.41, 5.74) is 9.81.